The molecule has 1 amide bonds. The largest absolute Gasteiger partial charge is 0.394 e. The van der Waals surface area contributed by atoms with Crippen LogP contribution in [0.1, 0.15) is 46.9 Å². The number of aliphatic hydroxyl groups excluding tert-OH is 1. The van der Waals surface area contributed by atoms with Crippen LogP contribution in [0.25, 0.3) is 16.7 Å². The number of anilines is 1. The third-order valence-electron chi connectivity index (χ3n) is 6.26. The van der Waals surface area contributed by atoms with Gasteiger partial charge in [-0.05, 0) is 66.4 Å². The number of allylic oxidation sites excluding steroid dienone is 1. The van der Waals surface area contributed by atoms with Crippen molar-refractivity contribution in [2.45, 2.75) is 32.6 Å². The number of carbonyl (C=O) groups excluding carboxylic acids is 1. The van der Waals surface area contributed by atoms with Crippen molar-refractivity contribution in [3.8, 4) is 11.1 Å². The molecule has 0 radical (unpaired) electrons. The summed E-state index contributed by atoms with van der Waals surface area (Å²) in [6, 6.07) is 8.25. The lowest BCUT2D eigenvalue weighted by Crippen LogP contribution is -2.31. The van der Waals surface area contributed by atoms with E-state index in [4.69, 9.17) is 5.73 Å². The van der Waals surface area contributed by atoms with E-state index >= 15 is 4.39 Å². The van der Waals surface area contributed by atoms with Crippen molar-refractivity contribution in [3.05, 3.63) is 88.1 Å². The minimum atomic E-state index is -1.05. The van der Waals surface area contributed by atoms with Gasteiger partial charge < -0.3 is 16.2 Å². The molecular formula is C27H25F3N4O2. The number of amides is 1. The third-order valence-corrected chi connectivity index (χ3v) is 6.26. The van der Waals surface area contributed by atoms with Crippen LogP contribution < -0.4 is 11.1 Å². The zero-order valence-corrected chi connectivity index (χ0v) is 19.7. The third kappa shape index (κ3) is 5.01. The molecule has 0 aliphatic carbocycles. The predicted octanol–water partition coefficient (Wildman–Crippen LogP) is 4.79. The van der Waals surface area contributed by atoms with Gasteiger partial charge in [0.25, 0.3) is 5.91 Å². The maximum absolute atomic E-state index is 15.0. The topological polar surface area (TPSA) is 101 Å². The highest BCUT2D eigenvalue weighted by molar-refractivity contribution is 6.13. The van der Waals surface area contributed by atoms with Gasteiger partial charge >= 0.3 is 0 Å². The smallest absolute Gasteiger partial charge is 0.254 e. The van der Waals surface area contributed by atoms with Crippen molar-refractivity contribution in [1.29, 1.82) is 0 Å². The summed E-state index contributed by atoms with van der Waals surface area (Å²) in [5.41, 5.74) is 9.74. The van der Waals surface area contributed by atoms with Crippen molar-refractivity contribution in [2.24, 2.45) is 4.99 Å². The average Bonchev–Trinajstić information content (AvgIpc) is 3.20. The highest BCUT2D eigenvalue weighted by Crippen LogP contribution is 2.32. The van der Waals surface area contributed by atoms with Gasteiger partial charge in [-0.3, -0.25) is 9.79 Å². The SMILES string of the molecule is CC1=C(c2cnc(N)c(-c3ccc(C(=O)N[C@H](CO)c4cc(F)cc(CF)c4)c(F)c3)c2)C=NC1C. The van der Waals surface area contributed by atoms with E-state index in [1.807, 2.05) is 13.8 Å². The number of benzene rings is 2. The second-order valence-corrected chi connectivity index (χ2v) is 8.64. The van der Waals surface area contributed by atoms with E-state index in [0.29, 0.717) is 11.1 Å². The number of pyridine rings is 1. The molecule has 1 aliphatic rings. The van der Waals surface area contributed by atoms with Gasteiger partial charge in [-0.1, -0.05) is 12.1 Å². The zero-order chi connectivity index (χ0) is 26.0. The van der Waals surface area contributed by atoms with Crippen LogP contribution in [0.5, 0.6) is 0 Å². The number of aliphatic hydroxyl groups is 1. The van der Waals surface area contributed by atoms with E-state index in [-0.39, 0.29) is 28.6 Å². The molecule has 186 valence electrons. The van der Waals surface area contributed by atoms with E-state index in [9.17, 15) is 18.7 Å². The van der Waals surface area contributed by atoms with E-state index in [0.717, 1.165) is 28.8 Å². The Morgan fingerprint density at radius 1 is 1.17 bits per heavy atom. The molecule has 36 heavy (non-hydrogen) atoms. The van der Waals surface area contributed by atoms with Gasteiger partial charge in [0, 0.05) is 29.1 Å². The monoisotopic (exact) mass is 494 g/mol. The first-order chi connectivity index (χ1) is 17.2. The van der Waals surface area contributed by atoms with Crippen LogP contribution in [-0.2, 0) is 6.67 Å². The van der Waals surface area contributed by atoms with E-state index in [1.54, 1.807) is 24.5 Å². The molecule has 9 heteroatoms. The van der Waals surface area contributed by atoms with Gasteiger partial charge in [-0.2, -0.15) is 0 Å². The fourth-order valence-electron chi connectivity index (χ4n) is 4.07. The molecule has 2 aromatic carbocycles. The number of hydrogen-bond donors (Lipinski definition) is 3. The Labute approximate surface area is 206 Å². The highest BCUT2D eigenvalue weighted by atomic mass is 19.1. The summed E-state index contributed by atoms with van der Waals surface area (Å²) in [4.78, 5) is 21.4. The number of nitrogen functional groups attached to an aromatic ring is 1. The Balaban J connectivity index is 1.60. The van der Waals surface area contributed by atoms with Crippen molar-refractivity contribution in [1.82, 2.24) is 10.3 Å². The quantitative estimate of drug-likeness (QED) is 0.440. The number of hydrogen-bond acceptors (Lipinski definition) is 5. The molecule has 4 N–H and O–H groups in total. The second-order valence-electron chi connectivity index (χ2n) is 8.64. The Bertz CT molecular complexity index is 1390. The van der Waals surface area contributed by atoms with Gasteiger partial charge in [0.15, 0.2) is 0 Å². The number of aliphatic imine (C=N–C) groups is 1. The molecule has 0 spiro atoms. The Kier molecular flexibility index (Phi) is 7.21. The van der Waals surface area contributed by atoms with Crippen LogP contribution in [0, 0.1) is 11.6 Å². The molecule has 6 nitrogen and oxygen atoms in total. The number of aromatic nitrogens is 1. The summed E-state index contributed by atoms with van der Waals surface area (Å²) in [7, 11) is 0. The van der Waals surface area contributed by atoms with Gasteiger partial charge in [-0.15, -0.1) is 0 Å². The van der Waals surface area contributed by atoms with Gasteiger partial charge in [0.2, 0.25) is 0 Å². The lowest BCUT2D eigenvalue weighted by molar-refractivity contribution is 0.0912. The summed E-state index contributed by atoms with van der Waals surface area (Å²) in [5.74, 6) is -2.14. The number of halogens is 3. The van der Waals surface area contributed by atoms with Crippen LogP contribution in [0.15, 0.2) is 59.2 Å². The Morgan fingerprint density at radius 3 is 2.58 bits per heavy atom. The molecule has 4 rings (SSSR count). The molecule has 0 fully saturated rings. The Morgan fingerprint density at radius 2 is 1.94 bits per heavy atom. The van der Waals surface area contributed by atoms with Gasteiger partial charge in [0.1, 0.15) is 24.1 Å². The van der Waals surface area contributed by atoms with E-state index < -0.39 is 36.9 Å². The normalized spacial score (nSPS) is 15.9. The van der Waals surface area contributed by atoms with Crippen LogP contribution >= 0.6 is 0 Å². The summed E-state index contributed by atoms with van der Waals surface area (Å²) in [5, 5.41) is 12.2. The van der Waals surface area contributed by atoms with E-state index in [2.05, 4.69) is 15.3 Å². The Hall–Kier alpha value is -3.98. The average molecular weight is 495 g/mol. The van der Waals surface area contributed by atoms with Crippen molar-refractivity contribution >= 4 is 23.5 Å². The molecule has 2 atom stereocenters. The first-order valence-electron chi connectivity index (χ1n) is 11.3. The van der Waals surface area contributed by atoms with Gasteiger partial charge in [0.05, 0.1) is 24.3 Å². The molecule has 1 aromatic heterocycles. The molecule has 0 saturated heterocycles. The summed E-state index contributed by atoms with van der Waals surface area (Å²) in [6.07, 6.45) is 3.41. The van der Waals surface area contributed by atoms with Crippen molar-refractivity contribution in [2.75, 3.05) is 12.3 Å². The molecule has 1 aliphatic heterocycles. The first kappa shape index (κ1) is 25.1. The summed E-state index contributed by atoms with van der Waals surface area (Å²) >= 11 is 0. The van der Waals surface area contributed by atoms with Crippen LogP contribution in [0.2, 0.25) is 0 Å². The number of nitrogens with two attached hydrogens (primary N) is 1. The summed E-state index contributed by atoms with van der Waals surface area (Å²) < 4.78 is 41.8. The zero-order valence-electron chi connectivity index (χ0n) is 19.7. The molecule has 1 unspecified atom stereocenters. The fourth-order valence-corrected chi connectivity index (χ4v) is 4.07. The minimum absolute atomic E-state index is 0.0611. The number of alkyl halides is 1. The molecule has 2 heterocycles. The summed E-state index contributed by atoms with van der Waals surface area (Å²) in [6.45, 7) is 2.47. The predicted molar refractivity (Wildman–Crippen MR) is 133 cm³/mol. The highest BCUT2D eigenvalue weighted by Gasteiger charge is 2.21. The molecule has 3 aromatic rings. The lowest BCUT2D eigenvalue weighted by atomic mass is 9.97. The fraction of sp³-hybridized carbons (Fsp3) is 0.222. The van der Waals surface area contributed by atoms with Crippen LogP contribution in [0.3, 0.4) is 0 Å². The second kappa shape index (κ2) is 10.3. The number of nitrogens with one attached hydrogen (secondary N) is 1. The molecular weight excluding hydrogens is 469 g/mol. The number of rotatable bonds is 7. The minimum Gasteiger partial charge on any atom is -0.394 e. The maximum Gasteiger partial charge on any atom is 0.254 e. The maximum atomic E-state index is 15.0. The molecule has 0 bridgehead atoms. The van der Waals surface area contributed by atoms with Crippen LogP contribution in [-0.4, -0.2) is 34.9 Å². The van der Waals surface area contributed by atoms with E-state index in [1.165, 1.54) is 18.2 Å². The first-order valence-corrected chi connectivity index (χ1v) is 11.3. The molecule has 0 saturated carbocycles. The standard InChI is InChI=1S/C27H25F3N4O2/c1-14-15(2)32-12-23(14)19-8-22(26(31)33-11-19)17-3-4-21(24(30)9-17)27(36)34-25(13-35)18-5-16(10-28)6-20(29)7-18/h3-9,11-12,15,25,35H,10,13H2,1-2H3,(H2,31,33)(H,34,36)/t15?,25-/m1/s1. The van der Waals surface area contributed by atoms with Crippen molar-refractivity contribution in [3.63, 3.8) is 0 Å². The van der Waals surface area contributed by atoms with Gasteiger partial charge in [-0.25, -0.2) is 18.2 Å². The lowest BCUT2D eigenvalue weighted by Gasteiger charge is -2.18. The number of nitrogens with zero attached hydrogens (tertiary/aromatic N) is 2. The van der Waals surface area contributed by atoms with Crippen LogP contribution in [0.4, 0.5) is 19.0 Å². The van der Waals surface area contributed by atoms with Crippen molar-refractivity contribution < 1.29 is 23.1 Å². The number of carbonyl (C=O) groups is 1.